The van der Waals surface area contributed by atoms with Gasteiger partial charge in [-0.2, -0.15) is 0 Å². The predicted octanol–water partition coefficient (Wildman–Crippen LogP) is 3.07. The van der Waals surface area contributed by atoms with E-state index in [0.29, 0.717) is 17.7 Å². The molecule has 3 heteroatoms. The van der Waals surface area contributed by atoms with Gasteiger partial charge in [0.2, 0.25) is 0 Å². The molecular formula is C16H25NOS. The second-order valence-corrected chi connectivity index (χ2v) is 7.50. The van der Waals surface area contributed by atoms with E-state index in [1.54, 1.807) is 0 Å². The van der Waals surface area contributed by atoms with Gasteiger partial charge in [0.15, 0.2) is 0 Å². The Bertz CT molecular complexity index is 438. The number of rotatable bonds is 5. The van der Waals surface area contributed by atoms with Crippen molar-refractivity contribution in [3.8, 4) is 0 Å². The molecule has 1 saturated carbocycles. The summed E-state index contributed by atoms with van der Waals surface area (Å²) < 4.78 is 12.2. The molecule has 2 rings (SSSR count). The summed E-state index contributed by atoms with van der Waals surface area (Å²) in [6, 6.07) is 6.79. The van der Waals surface area contributed by atoms with E-state index in [1.807, 2.05) is 0 Å². The maximum atomic E-state index is 12.2. The molecule has 1 aromatic rings. The molecule has 0 spiro atoms. The molecule has 1 aliphatic carbocycles. The highest BCUT2D eigenvalue weighted by atomic mass is 32.2. The molecule has 0 aliphatic heterocycles. The lowest BCUT2D eigenvalue weighted by Gasteiger charge is -2.14. The van der Waals surface area contributed by atoms with Crippen LogP contribution in [0.25, 0.3) is 0 Å². The topological polar surface area (TPSA) is 43.1 Å². The van der Waals surface area contributed by atoms with Gasteiger partial charge in [0, 0.05) is 28.3 Å². The predicted molar refractivity (Wildman–Crippen MR) is 82.6 cm³/mol. The van der Waals surface area contributed by atoms with Crippen LogP contribution in [0.2, 0.25) is 0 Å². The van der Waals surface area contributed by atoms with Crippen molar-refractivity contribution in [2.24, 2.45) is 11.7 Å². The van der Waals surface area contributed by atoms with Crippen LogP contribution in [-0.4, -0.2) is 16.0 Å². The normalized spacial score (nSPS) is 24.6. The van der Waals surface area contributed by atoms with E-state index in [9.17, 15) is 4.21 Å². The monoisotopic (exact) mass is 279 g/mol. The van der Waals surface area contributed by atoms with E-state index < -0.39 is 10.8 Å². The van der Waals surface area contributed by atoms with Crippen molar-refractivity contribution >= 4 is 10.8 Å². The van der Waals surface area contributed by atoms with Crippen LogP contribution in [0, 0.1) is 19.8 Å². The maximum absolute atomic E-state index is 12.2. The second kappa shape index (κ2) is 6.67. The van der Waals surface area contributed by atoms with Crippen molar-refractivity contribution in [1.82, 2.24) is 0 Å². The summed E-state index contributed by atoms with van der Waals surface area (Å²) in [5, 5.41) is 0. The fourth-order valence-corrected chi connectivity index (χ4v) is 4.37. The fraction of sp³-hybridized carbons (Fsp3) is 0.625. The first-order valence-electron chi connectivity index (χ1n) is 7.22. The smallest absolute Gasteiger partial charge is 0.0485 e. The summed E-state index contributed by atoms with van der Waals surface area (Å²) in [5.41, 5.74) is 9.77. The van der Waals surface area contributed by atoms with Crippen molar-refractivity contribution in [3.63, 3.8) is 0 Å². The molecule has 3 atom stereocenters. The molecule has 19 heavy (non-hydrogen) atoms. The van der Waals surface area contributed by atoms with Crippen molar-refractivity contribution in [1.29, 1.82) is 0 Å². The third kappa shape index (κ3) is 4.43. The summed E-state index contributed by atoms with van der Waals surface area (Å²) >= 11 is 0. The number of nitrogens with two attached hydrogens (primary N) is 1. The highest BCUT2D eigenvalue weighted by molar-refractivity contribution is 7.84. The Balaban J connectivity index is 1.83. The van der Waals surface area contributed by atoms with Crippen LogP contribution >= 0.6 is 0 Å². The lowest BCUT2D eigenvalue weighted by atomic mass is 10.0. The molecule has 1 fully saturated rings. The Morgan fingerprint density at radius 1 is 1.21 bits per heavy atom. The Hall–Kier alpha value is -0.670. The molecule has 1 aliphatic rings. The molecule has 0 radical (unpaired) electrons. The molecule has 0 bridgehead atoms. The number of benzene rings is 1. The Kier molecular flexibility index (Phi) is 5.17. The lowest BCUT2D eigenvalue weighted by Crippen LogP contribution is -2.25. The molecule has 0 saturated heterocycles. The summed E-state index contributed by atoms with van der Waals surface area (Å²) in [7, 11) is -0.754. The first-order chi connectivity index (χ1) is 9.04. The molecule has 3 unspecified atom stereocenters. The van der Waals surface area contributed by atoms with Crippen LogP contribution in [0.3, 0.4) is 0 Å². The third-order valence-corrected chi connectivity index (χ3v) is 5.39. The van der Waals surface area contributed by atoms with Gasteiger partial charge < -0.3 is 5.73 Å². The quantitative estimate of drug-likeness (QED) is 0.900. The highest BCUT2D eigenvalue weighted by Gasteiger charge is 2.23. The first kappa shape index (κ1) is 14.7. The van der Waals surface area contributed by atoms with Crippen molar-refractivity contribution < 1.29 is 4.21 Å². The summed E-state index contributed by atoms with van der Waals surface area (Å²) in [6.45, 7) is 4.19. The van der Waals surface area contributed by atoms with Gasteiger partial charge in [-0.25, -0.2) is 0 Å². The molecule has 0 amide bonds. The van der Waals surface area contributed by atoms with Gasteiger partial charge in [0.05, 0.1) is 0 Å². The summed E-state index contributed by atoms with van der Waals surface area (Å²) in [6.07, 6.45) is 4.64. The number of hydrogen-bond acceptors (Lipinski definition) is 2. The lowest BCUT2D eigenvalue weighted by molar-refractivity contribution is 0.468. The highest BCUT2D eigenvalue weighted by Crippen LogP contribution is 2.27. The minimum Gasteiger partial charge on any atom is -0.327 e. The zero-order chi connectivity index (χ0) is 13.8. The van der Waals surface area contributed by atoms with Gasteiger partial charge >= 0.3 is 0 Å². The van der Waals surface area contributed by atoms with Crippen LogP contribution in [-0.2, 0) is 16.6 Å². The average molecular weight is 279 g/mol. The standard InChI is InChI=1S/C16H25NOS/c1-12-8-13(2)10-14(9-12)11-19(18)7-6-15-4-3-5-16(15)17/h8-10,15-16H,3-7,11,17H2,1-2H3. The first-order valence-corrected chi connectivity index (χ1v) is 8.71. The van der Waals surface area contributed by atoms with Crippen LogP contribution in [0.1, 0.15) is 42.4 Å². The molecule has 106 valence electrons. The summed E-state index contributed by atoms with van der Waals surface area (Å²) in [4.78, 5) is 0. The van der Waals surface area contributed by atoms with Crippen molar-refractivity contribution in [2.75, 3.05) is 5.75 Å². The Morgan fingerprint density at radius 2 is 1.89 bits per heavy atom. The second-order valence-electron chi connectivity index (χ2n) is 5.93. The zero-order valence-electron chi connectivity index (χ0n) is 12.0. The molecule has 0 aromatic heterocycles. The van der Waals surface area contributed by atoms with Crippen LogP contribution < -0.4 is 5.73 Å². The SMILES string of the molecule is Cc1cc(C)cc(CS(=O)CCC2CCCC2N)c1. The van der Waals surface area contributed by atoms with Crippen molar-refractivity contribution in [3.05, 3.63) is 34.9 Å². The van der Waals surface area contributed by atoms with E-state index in [0.717, 1.165) is 18.6 Å². The van der Waals surface area contributed by atoms with E-state index in [-0.39, 0.29) is 0 Å². The van der Waals surface area contributed by atoms with E-state index >= 15 is 0 Å². The van der Waals surface area contributed by atoms with E-state index in [1.165, 1.54) is 29.5 Å². The fourth-order valence-electron chi connectivity index (χ4n) is 3.12. The van der Waals surface area contributed by atoms with Gasteiger partial charge in [-0.1, -0.05) is 35.7 Å². The van der Waals surface area contributed by atoms with Gasteiger partial charge in [-0.05, 0) is 44.6 Å². The molecule has 2 nitrogen and oxygen atoms in total. The number of aryl methyl sites for hydroxylation is 2. The zero-order valence-corrected chi connectivity index (χ0v) is 12.8. The Labute approximate surface area is 119 Å². The molecular weight excluding hydrogens is 254 g/mol. The summed E-state index contributed by atoms with van der Waals surface area (Å²) in [5.74, 6) is 2.08. The van der Waals surface area contributed by atoms with Crippen LogP contribution in [0.4, 0.5) is 0 Å². The van der Waals surface area contributed by atoms with Gasteiger partial charge in [-0.15, -0.1) is 0 Å². The Morgan fingerprint density at radius 3 is 2.47 bits per heavy atom. The van der Waals surface area contributed by atoms with Gasteiger partial charge in [0.25, 0.3) is 0 Å². The minimum atomic E-state index is -0.754. The van der Waals surface area contributed by atoms with Gasteiger partial charge in [0.1, 0.15) is 0 Å². The molecule has 1 aromatic carbocycles. The maximum Gasteiger partial charge on any atom is 0.0485 e. The van der Waals surface area contributed by atoms with Crippen molar-refractivity contribution in [2.45, 2.75) is 51.3 Å². The van der Waals surface area contributed by atoms with Gasteiger partial charge in [-0.3, -0.25) is 4.21 Å². The van der Waals surface area contributed by atoms with E-state index in [2.05, 4.69) is 32.0 Å². The minimum absolute atomic E-state index is 0.346. The third-order valence-electron chi connectivity index (χ3n) is 4.04. The van der Waals surface area contributed by atoms with Crippen LogP contribution in [0.15, 0.2) is 18.2 Å². The van der Waals surface area contributed by atoms with Crippen LogP contribution in [0.5, 0.6) is 0 Å². The average Bonchev–Trinajstić information content (AvgIpc) is 2.71. The van der Waals surface area contributed by atoms with E-state index in [4.69, 9.17) is 5.73 Å². The molecule has 2 N–H and O–H groups in total. The largest absolute Gasteiger partial charge is 0.327 e. The number of hydrogen-bond donors (Lipinski definition) is 1. The molecule has 0 heterocycles.